The maximum absolute atomic E-state index is 13.4. The summed E-state index contributed by atoms with van der Waals surface area (Å²) < 4.78 is 139. The summed E-state index contributed by atoms with van der Waals surface area (Å²) in [7, 11) is -0.719. The summed E-state index contributed by atoms with van der Waals surface area (Å²) in [5.74, 6) is 2.48. The van der Waals surface area contributed by atoms with E-state index in [4.69, 9.17) is 14.5 Å². The molecule has 0 heterocycles. The molecule has 0 saturated heterocycles. The van der Waals surface area contributed by atoms with Gasteiger partial charge in [-0.25, -0.2) is 0 Å². The molecule has 15 heteroatoms. The molecule has 0 aromatic heterocycles. The van der Waals surface area contributed by atoms with E-state index in [-0.39, 0.29) is 35.5 Å². The molecule has 4 aliphatic carbocycles. The molecule has 0 radical (unpaired) electrons. The van der Waals surface area contributed by atoms with Crippen molar-refractivity contribution in [2.24, 2.45) is 46.3 Å². The second-order valence-corrected chi connectivity index (χ2v) is 23.8. The number of halogens is 9. The van der Waals surface area contributed by atoms with Gasteiger partial charge in [-0.1, -0.05) is 85.0 Å². The van der Waals surface area contributed by atoms with Crippen molar-refractivity contribution in [2.75, 3.05) is 26.0 Å². The van der Waals surface area contributed by atoms with Gasteiger partial charge < -0.3 is 14.0 Å². The topological polar surface area (TPSA) is 54.7 Å². The highest BCUT2D eigenvalue weighted by atomic mass is 31.2. The van der Waals surface area contributed by atoms with Crippen LogP contribution in [0.2, 0.25) is 0 Å². The van der Waals surface area contributed by atoms with Crippen LogP contribution < -0.4 is 0 Å². The van der Waals surface area contributed by atoms with Crippen LogP contribution in [0, 0.1) is 57.7 Å². The number of alkyl halides is 9. The monoisotopic (exact) mass is 977 g/mol. The number of rotatable bonds is 28. The number of nitriles is 1. The minimum absolute atomic E-state index is 0.00899. The lowest BCUT2D eigenvalue weighted by atomic mass is 9.44. The third-order valence-corrected chi connectivity index (χ3v) is 19.6. The molecule has 4 fully saturated rings. The van der Waals surface area contributed by atoms with Crippen molar-refractivity contribution < 1.29 is 53.5 Å². The van der Waals surface area contributed by atoms with Crippen molar-refractivity contribution in [3.63, 3.8) is 0 Å². The van der Waals surface area contributed by atoms with Crippen molar-refractivity contribution >= 4 is 8.30 Å². The zero-order valence-electron chi connectivity index (χ0n) is 41.5. The summed E-state index contributed by atoms with van der Waals surface area (Å²) in [6, 6.07) is 3.11. The predicted octanol–water partition coefficient (Wildman–Crippen LogP) is 16.9. The molecule has 0 aliphatic heterocycles. The van der Waals surface area contributed by atoms with Gasteiger partial charge in [0.25, 0.3) is 0 Å². The maximum atomic E-state index is 13.4. The standard InChI is InChI=1S/C51H86F9N2O3P/c1-37(2)62(38(3)4)66(35-21-31-61)65-34-19-17-15-13-11-9-8-10-12-14-16-18-32-63-41-27-29-46(6)40(36-41)23-24-42-44-26-25-43(47(44,7)30-28-45(42)46)39(5)22-20-33-64-48(49(52,53)54,50(55,56)57)51(58,59)60/h37-45H,8-30,32-36H2,1-7H3/t39-,40-,41-,42+,43-,44+,45+,46+,47-,66?/m1/s1. The zero-order valence-corrected chi connectivity index (χ0v) is 42.4. The number of nitrogens with zero attached hydrogens (tertiary/aromatic N) is 2. The van der Waals surface area contributed by atoms with E-state index in [1.165, 1.54) is 77.0 Å². The normalized spacial score (nSPS) is 29.5. The lowest BCUT2D eigenvalue weighted by Gasteiger charge is -2.61. The predicted molar refractivity (Wildman–Crippen MR) is 246 cm³/mol. The van der Waals surface area contributed by atoms with Crippen LogP contribution in [0.15, 0.2) is 0 Å². The van der Waals surface area contributed by atoms with Crippen LogP contribution in [-0.2, 0) is 14.0 Å². The molecular formula is C51H86F9N2O3P. The van der Waals surface area contributed by atoms with Crippen LogP contribution in [0.25, 0.3) is 0 Å². The molecule has 4 saturated carbocycles. The van der Waals surface area contributed by atoms with Crippen LogP contribution in [0.3, 0.4) is 0 Å². The smallest absolute Gasteiger partial charge is 0.378 e. The van der Waals surface area contributed by atoms with E-state index in [9.17, 15) is 39.5 Å². The minimum Gasteiger partial charge on any atom is -0.378 e. The Morgan fingerprint density at radius 1 is 0.621 bits per heavy atom. The fourth-order valence-corrected chi connectivity index (χ4v) is 16.0. The van der Waals surface area contributed by atoms with E-state index in [1.54, 1.807) is 0 Å². The molecule has 4 rings (SSSR count). The first-order chi connectivity index (χ1) is 31.0. The summed E-state index contributed by atoms with van der Waals surface area (Å²) >= 11 is 0. The molecule has 0 N–H and O–H groups in total. The van der Waals surface area contributed by atoms with E-state index in [1.807, 2.05) is 6.92 Å². The van der Waals surface area contributed by atoms with Crippen molar-refractivity contribution in [1.29, 1.82) is 5.26 Å². The van der Waals surface area contributed by atoms with Crippen molar-refractivity contribution in [1.82, 2.24) is 4.67 Å². The largest absolute Gasteiger partial charge is 0.435 e. The van der Waals surface area contributed by atoms with Crippen molar-refractivity contribution in [3.8, 4) is 6.07 Å². The van der Waals surface area contributed by atoms with E-state index < -0.39 is 39.0 Å². The minimum atomic E-state index is -6.70. The maximum Gasteiger partial charge on any atom is 0.435 e. The van der Waals surface area contributed by atoms with Gasteiger partial charge in [0.05, 0.1) is 18.8 Å². The Balaban J connectivity index is 1.07. The Labute approximate surface area is 394 Å². The Bertz CT molecular complexity index is 1410. The summed E-state index contributed by atoms with van der Waals surface area (Å²) in [5.41, 5.74) is -5.95. The lowest BCUT2D eigenvalue weighted by Crippen LogP contribution is -2.67. The quantitative estimate of drug-likeness (QED) is 0.0444. The summed E-state index contributed by atoms with van der Waals surface area (Å²) in [5, 5.41) is 9.10. The van der Waals surface area contributed by atoms with Gasteiger partial charge in [-0.15, -0.1) is 0 Å². The first-order valence-electron chi connectivity index (χ1n) is 26.0. The van der Waals surface area contributed by atoms with Gasteiger partial charge >= 0.3 is 24.1 Å². The van der Waals surface area contributed by atoms with E-state index in [2.05, 4.69) is 57.0 Å². The fourth-order valence-electron chi connectivity index (χ4n) is 13.8. The van der Waals surface area contributed by atoms with Crippen molar-refractivity contribution in [2.45, 2.75) is 245 Å². The molecule has 0 amide bonds. The first kappa shape index (κ1) is 57.7. The molecule has 5 nitrogen and oxygen atoms in total. The molecule has 386 valence electrons. The Hall–Kier alpha value is -0.870. The molecule has 4 aliphatic rings. The second-order valence-electron chi connectivity index (χ2n) is 21.9. The SMILES string of the molecule is CC(C)N(C(C)C)P(CCC#N)OCCCCCCCCCCCCCCO[C@@H]1CC[C@@]2(C)[C@H](CC[C@@H]3[C@@H]2CC[C@]2(C)[C@@H]([C@H](C)CCCOC(C(F)(F)F)(C(F)(F)F)C(F)(F)F)CC[C@@H]32)C1. The average Bonchev–Trinajstić information content (AvgIpc) is 3.58. The van der Waals surface area contributed by atoms with E-state index >= 15 is 0 Å². The highest BCUT2D eigenvalue weighted by molar-refractivity contribution is 7.50. The molecule has 1 unspecified atom stereocenters. The van der Waals surface area contributed by atoms with Gasteiger partial charge in [-0.3, -0.25) is 4.67 Å². The highest BCUT2D eigenvalue weighted by Gasteiger charge is 2.85. The Morgan fingerprint density at radius 3 is 1.67 bits per heavy atom. The van der Waals surface area contributed by atoms with Crippen molar-refractivity contribution in [3.05, 3.63) is 0 Å². The number of ether oxygens (including phenoxy) is 2. The summed E-state index contributed by atoms with van der Waals surface area (Å²) in [4.78, 5) is 0. The summed E-state index contributed by atoms with van der Waals surface area (Å²) in [6.45, 7) is 15.9. The Kier molecular flexibility index (Phi) is 22.3. The molecule has 66 heavy (non-hydrogen) atoms. The van der Waals surface area contributed by atoms with Gasteiger partial charge in [0.1, 0.15) is 8.30 Å². The average molecular weight is 977 g/mol. The first-order valence-corrected chi connectivity index (χ1v) is 27.4. The van der Waals surface area contributed by atoms with Crippen LogP contribution in [-0.4, -0.2) is 73.0 Å². The second kappa shape index (κ2) is 25.5. The van der Waals surface area contributed by atoms with Crippen LogP contribution in [0.4, 0.5) is 39.5 Å². The van der Waals surface area contributed by atoms with Crippen LogP contribution in [0.1, 0.15) is 203 Å². The van der Waals surface area contributed by atoms with Gasteiger partial charge in [-0.05, 0) is 158 Å². The lowest BCUT2D eigenvalue weighted by molar-refractivity contribution is -0.457. The van der Waals surface area contributed by atoms with Gasteiger partial charge in [0.15, 0.2) is 0 Å². The number of unbranched alkanes of at least 4 members (excludes halogenated alkanes) is 11. The highest BCUT2D eigenvalue weighted by Crippen LogP contribution is 2.68. The number of fused-ring (bicyclic) bond motifs is 5. The molecule has 0 bridgehead atoms. The number of hydrogen-bond acceptors (Lipinski definition) is 5. The van der Waals surface area contributed by atoms with Gasteiger partial charge in [-0.2, -0.15) is 44.8 Å². The van der Waals surface area contributed by atoms with Crippen LogP contribution >= 0.6 is 8.30 Å². The molecule has 0 spiro atoms. The molecular weight excluding hydrogens is 891 g/mol. The Morgan fingerprint density at radius 2 is 1.14 bits per heavy atom. The van der Waals surface area contributed by atoms with Crippen LogP contribution in [0.5, 0.6) is 0 Å². The fraction of sp³-hybridized carbons (Fsp3) is 0.980. The number of hydrogen-bond donors (Lipinski definition) is 0. The summed E-state index contributed by atoms with van der Waals surface area (Å²) in [6.07, 6.45) is 6.27. The zero-order chi connectivity index (χ0) is 49.0. The van der Waals surface area contributed by atoms with E-state index in [0.29, 0.717) is 48.3 Å². The molecule has 10 atom stereocenters. The van der Waals surface area contributed by atoms with Gasteiger partial charge in [0.2, 0.25) is 0 Å². The third-order valence-electron chi connectivity index (χ3n) is 17.1. The van der Waals surface area contributed by atoms with Gasteiger partial charge in [0, 0.05) is 37.9 Å². The third kappa shape index (κ3) is 14.2. The van der Waals surface area contributed by atoms with E-state index in [0.717, 1.165) is 77.2 Å². The molecule has 0 aromatic carbocycles. The molecule has 0 aromatic rings.